The number of nitrogens with one attached hydrogen (secondary N) is 1. The van der Waals surface area contributed by atoms with Crippen LogP contribution in [0.4, 0.5) is 0 Å². The summed E-state index contributed by atoms with van der Waals surface area (Å²) in [6, 6.07) is 3.01. The summed E-state index contributed by atoms with van der Waals surface area (Å²) in [4.78, 5) is 26.5. The lowest BCUT2D eigenvalue weighted by Gasteiger charge is -2.17. The minimum Gasteiger partial charge on any atom is -0.478 e. The second kappa shape index (κ2) is 7.13. The van der Waals surface area contributed by atoms with Crippen molar-refractivity contribution in [2.45, 2.75) is 31.8 Å². The molecule has 1 amide bonds. The van der Waals surface area contributed by atoms with Gasteiger partial charge in [-0.2, -0.15) is 0 Å². The van der Waals surface area contributed by atoms with Crippen molar-refractivity contribution in [3.63, 3.8) is 0 Å². The number of carboxylic acids is 1. The van der Waals surface area contributed by atoms with Crippen molar-refractivity contribution in [2.24, 2.45) is 5.92 Å². The van der Waals surface area contributed by atoms with Gasteiger partial charge in [0.25, 0.3) is 0 Å². The van der Waals surface area contributed by atoms with Crippen molar-refractivity contribution in [3.05, 3.63) is 23.9 Å². The van der Waals surface area contributed by atoms with E-state index in [1.165, 1.54) is 30.1 Å². The molecule has 104 valence electrons. The van der Waals surface area contributed by atoms with Gasteiger partial charge in [0.15, 0.2) is 0 Å². The van der Waals surface area contributed by atoms with Crippen LogP contribution in [-0.4, -0.2) is 33.8 Å². The van der Waals surface area contributed by atoms with E-state index in [2.05, 4.69) is 10.3 Å². The number of rotatable bonds is 6. The summed E-state index contributed by atoms with van der Waals surface area (Å²) in [7, 11) is 0. The second-order valence-corrected chi connectivity index (χ2v) is 5.57. The number of carboxylic acid groups (broad SMARTS) is 1. The zero-order valence-electron chi connectivity index (χ0n) is 11.2. The molecule has 1 atom stereocenters. The van der Waals surface area contributed by atoms with E-state index in [0.29, 0.717) is 10.9 Å². The summed E-state index contributed by atoms with van der Waals surface area (Å²) >= 11 is 1.23. The molecule has 0 spiro atoms. The molecule has 1 heterocycles. The third kappa shape index (κ3) is 5.30. The Bertz CT molecular complexity index is 463. The number of aromatic nitrogens is 1. The number of amides is 1. The third-order valence-electron chi connectivity index (χ3n) is 2.72. The van der Waals surface area contributed by atoms with Gasteiger partial charge in [-0.25, -0.2) is 9.78 Å². The van der Waals surface area contributed by atoms with Crippen LogP contribution in [0, 0.1) is 5.92 Å². The van der Waals surface area contributed by atoms with E-state index in [1.54, 1.807) is 0 Å². The Balaban J connectivity index is 2.50. The Morgan fingerprint density at radius 1 is 1.42 bits per heavy atom. The average Bonchev–Trinajstić information content (AvgIpc) is 2.36. The molecule has 0 aliphatic carbocycles. The smallest absolute Gasteiger partial charge is 0.335 e. The maximum absolute atomic E-state index is 11.7. The predicted molar refractivity (Wildman–Crippen MR) is 74.4 cm³/mol. The Morgan fingerprint density at radius 3 is 2.68 bits per heavy atom. The van der Waals surface area contributed by atoms with E-state index in [9.17, 15) is 9.59 Å². The fraction of sp³-hybridized carbons (Fsp3) is 0.462. The average molecular weight is 282 g/mol. The van der Waals surface area contributed by atoms with Gasteiger partial charge >= 0.3 is 5.97 Å². The number of aromatic carboxylic acids is 1. The van der Waals surface area contributed by atoms with Gasteiger partial charge in [0.2, 0.25) is 5.91 Å². The number of pyridine rings is 1. The van der Waals surface area contributed by atoms with Crippen LogP contribution >= 0.6 is 11.8 Å². The minimum absolute atomic E-state index is 0.0753. The number of hydrogen-bond donors (Lipinski definition) is 2. The lowest BCUT2D eigenvalue weighted by molar-refractivity contribution is -0.119. The van der Waals surface area contributed by atoms with Gasteiger partial charge < -0.3 is 10.4 Å². The van der Waals surface area contributed by atoms with Crippen LogP contribution in [0.3, 0.4) is 0 Å². The molecule has 1 aromatic rings. The van der Waals surface area contributed by atoms with E-state index in [0.717, 1.165) is 0 Å². The van der Waals surface area contributed by atoms with Gasteiger partial charge in [0, 0.05) is 12.2 Å². The van der Waals surface area contributed by atoms with Gasteiger partial charge in [0.1, 0.15) is 0 Å². The summed E-state index contributed by atoms with van der Waals surface area (Å²) in [6.45, 7) is 6.03. The highest BCUT2D eigenvalue weighted by Gasteiger charge is 2.11. The Morgan fingerprint density at radius 2 is 2.11 bits per heavy atom. The fourth-order valence-corrected chi connectivity index (χ4v) is 1.93. The van der Waals surface area contributed by atoms with Crippen LogP contribution in [-0.2, 0) is 4.79 Å². The predicted octanol–water partition coefficient (Wildman–Crippen LogP) is 2.03. The molecule has 19 heavy (non-hydrogen) atoms. The molecule has 0 aliphatic rings. The molecule has 0 bridgehead atoms. The van der Waals surface area contributed by atoms with E-state index >= 15 is 0 Å². The Kier molecular flexibility index (Phi) is 5.82. The van der Waals surface area contributed by atoms with Crippen molar-refractivity contribution in [3.8, 4) is 0 Å². The number of hydrogen-bond acceptors (Lipinski definition) is 4. The molecule has 0 aromatic carbocycles. The van der Waals surface area contributed by atoms with E-state index in [1.807, 2.05) is 20.8 Å². The monoisotopic (exact) mass is 282 g/mol. The zero-order valence-corrected chi connectivity index (χ0v) is 12.0. The Labute approximate surface area is 116 Å². The molecule has 6 heteroatoms. The quantitative estimate of drug-likeness (QED) is 0.780. The lowest BCUT2D eigenvalue weighted by atomic mass is 10.1. The van der Waals surface area contributed by atoms with Gasteiger partial charge in [-0.15, -0.1) is 0 Å². The van der Waals surface area contributed by atoms with Crippen LogP contribution < -0.4 is 5.32 Å². The van der Waals surface area contributed by atoms with Crippen LogP contribution in [0.25, 0.3) is 0 Å². The topological polar surface area (TPSA) is 79.3 Å². The van der Waals surface area contributed by atoms with Crippen molar-refractivity contribution < 1.29 is 14.7 Å². The summed E-state index contributed by atoms with van der Waals surface area (Å²) in [5.41, 5.74) is 0.174. The van der Waals surface area contributed by atoms with Gasteiger partial charge in [-0.05, 0) is 25.0 Å². The summed E-state index contributed by atoms with van der Waals surface area (Å²) in [5.74, 6) is -0.467. The maximum atomic E-state index is 11.7. The molecule has 0 saturated heterocycles. The lowest BCUT2D eigenvalue weighted by Crippen LogP contribution is -2.37. The third-order valence-corrected chi connectivity index (χ3v) is 3.65. The normalized spacial score (nSPS) is 12.2. The summed E-state index contributed by atoms with van der Waals surface area (Å²) in [6.07, 6.45) is 1.43. The molecule has 2 N–H and O–H groups in total. The summed E-state index contributed by atoms with van der Waals surface area (Å²) in [5, 5.41) is 12.3. The van der Waals surface area contributed by atoms with E-state index < -0.39 is 5.97 Å². The molecular formula is C13H18N2O3S. The molecule has 1 rings (SSSR count). The number of carbonyl (C=O) groups excluding carboxylic acids is 1. The van der Waals surface area contributed by atoms with Crippen molar-refractivity contribution >= 4 is 23.6 Å². The SMILES string of the molecule is CC(C)C(C)NC(=O)CSc1cc(C(=O)O)ccn1. The van der Waals surface area contributed by atoms with Gasteiger partial charge in [-0.3, -0.25) is 4.79 Å². The first kappa shape index (κ1) is 15.5. The molecule has 0 radical (unpaired) electrons. The largest absolute Gasteiger partial charge is 0.478 e. The highest BCUT2D eigenvalue weighted by Crippen LogP contribution is 2.16. The molecule has 0 aliphatic heterocycles. The second-order valence-electron chi connectivity index (χ2n) is 4.58. The standard InChI is InChI=1S/C13H18N2O3S/c1-8(2)9(3)15-11(16)7-19-12-6-10(13(17)18)4-5-14-12/h4-6,8-9H,7H2,1-3H3,(H,15,16)(H,17,18). The van der Waals surface area contributed by atoms with Crippen LogP contribution in [0.2, 0.25) is 0 Å². The number of carbonyl (C=O) groups is 2. The Hall–Kier alpha value is -1.56. The minimum atomic E-state index is -0.998. The molecule has 0 saturated carbocycles. The molecular weight excluding hydrogens is 264 g/mol. The first-order valence-corrected chi connectivity index (χ1v) is 7.00. The molecule has 0 fully saturated rings. The zero-order chi connectivity index (χ0) is 14.4. The number of thioether (sulfide) groups is 1. The molecule has 5 nitrogen and oxygen atoms in total. The van der Waals surface area contributed by atoms with E-state index in [4.69, 9.17) is 5.11 Å². The van der Waals surface area contributed by atoms with Crippen LogP contribution in [0.5, 0.6) is 0 Å². The van der Waals surface area contributed by atoms with Crippen molar-refractivity contribution in [2.75, 3.05) is 5.75 Å². The molecule has 1 aromatic heterocycles. The number of nitrogens with zero attached hydrogens (tertiary/aromatic N) is 1. The highest BCUT2D eigenvalue weighted by molar-refractivity contribution is 7.99. The first-order chi connectivity index (χ1) is 8.90. The van der Waals surface area contributed by atoms with Crippen molar-refractivity contribution in [1.29, 1.82) is 0 Å². The van der Waals surface area contributed by atoms with Gasteiger partial charge in [0.05, 0.1) is 16.3 Å². The maximum Gasteiger partial charge on any atom is 0.335 e. The van der Waals surface area contributed by atoms with Crippen LogP contribution in [0.1, 0.15) is 31.1 Å². The van der Waals surface area contributed by atoms with Crippen molar-refractivity contribution in [1.82, 2.24) is 10.3 Å². The fourth-order valence-electron chi connectivity index (χ4n) is 1.22. The summed E-state index contributed by atoms with van der Waals surface area (Å²) < 4.78 is 0. The van der Waals surface area contributed by atoms with Gasteiger partial charge in [-0.1, -0.05) is 25.6 Å². The highest BCUT2D eigenvalue weighted by atomic mass is 32.2. The molecule has 1 unspecified atom stereocenters. The van der Waals surface area contributed by atoms with Crippen LogP contribution in [0.15, 0.2) is 23.4 Å². The first-order valence-electron chi connectivity index (χ1n) is 6.01. The van der Waals surface area contributed by atoms with E-state index in [-0.39, 0.29) is 23.3 Å².